The lowest BCUT2D eigenvalue weighted by atomic mass is 9.99. The number of benzene rings is 2. The van der Waals surface area contributed by atoms with Gasteiger partial charge in [-0.2, -0.15) is 0 Å². The van der Waals surface area contributed by atoms with Crippen molar-refractivity contribution >= 4 is 40.3 Å². The van der Waals surface area contributed by atoms with Gasteiger partial charge in [0, 0.05) is 16.4 Å². The predicted molar refractivity (Wildman–Crippen MR) is 101 cm³/mol. The Morgan fingerprint density at radius 1 is 1.14 bits per heavy atom. The molecule has 2 nitrogen and oxygen atoms in total. The third kappa shape index (κ3) is 4.21. The molecule has 4 heteroatoms. The van der Waals surface area contributed by atoms with Gasteiger partial charge in [-0.15, -0.1) is 0 Å². The normalized spacial score (nSPS) is 11.8. The third-order valence-corrected chi connectivity index (χ3v) is 4.48. The summed E-state index contributed by atoms with van der Waals surface area (Å²) in [5, 5.41) is 7.67. The maximum atomic E-state index is 6.11. The van der Waals surface area contributed by atoms with Crippen LogP contribution >= 0.6 is 23.8 Å². The Labute approximate surface area is 142 Å². The highest BCUT2D eigenvalue weighted by Gasteiger charge is 2.05. The van der Waals surface area contributed by atoms with E-state index in [0.717, 1.165) is 28.4 Å². The van der Waals surface area contributed by atoms with E-state index < -0.39 is 0 Å². The van der Waals surface area contributed by atoms with Crippen molar-refractivity contribution in [3.63, 3.8) is 0 Å². The summed E-state index contributed by atoms with van der Waals surface area (Å²) in [5.41, 5.74) is 4.23. The van der Waals surface area contributed by atoms with Crippen LogP contribution in [0.15, 0.2) is 42.5 Å². The SMILES string of the molecule is CC[C@H](C)c1ccc(NC(=S)Nc2cccc(Cl)c2C)cc1. The average molecular weight is 333 g/mol. The Kier molecular flexibility index (Phi) is 5.81. The molecule has 0 bridgehead atoms. The summed E-state index contributed by atoms with van der Waals surface area (Å²) >= 11 is 11.5. The zero-order valence-corrected chi connectivity index (χ0v) is 14.7. The topological polar surface area (TPSA) is 24.1 Å². The first kappa shape index (κ1) is 16.8. The molecule has 0 amide bonds. The molecule has 2 N–H and O–H groups in total. The number of nitrogens with one attached hydrogen (secondary N) is 2. The Morgan fingerprint density at radius 2 is 1.82 bits per heavy atom. The number of hydrogen-bond acceptors (Lipinski definition) is 1. The molecule has 0 aromatic heterocycles. The van der Waals surface area contributed by atoms with Crippen molar-refractivity contribution in [3.8, 4) is 0 Å². The third-order valence-electron chi connectivity index (χ3n) is 3.87. The molecule has 116 valence electrons. The summed E-state index contributed by atoms with van der Waals surface area (Å²) in [4.78, 5) is 0. The summed E-state index contributed by atoms with van der Waals surface area (Å²) in [5.74, 6) is 0.577. The Hall–Kier alpha value is -1.58. The molecule has 0 unspecified atom stereocenters. The highest BCUT2D eigenvalue weighted by atomic mass is 35.5. The predicted octanol–water partition coefficient (Wildman–Crippen LogP) is 5.97. The molecule has 0 radical (unpaired) electrons. The number of hydrogen-bond donors (Lipinski definition) is 2. The van der Waals surface area contributed by atoms with E-state index in [2.05, 4.69) is 48.7 Å². The Balaban J connectivity index is 2.01. The molecular formula is C18H21ClN2S. The number of thiocarbonyl (C=S) groups is 1. The van der Waals surface area contributed by atoms with Crippen LogP contribution in [0.1, 0.15) is 37.3 Å². The minimum Gasteiger partial charge on any atom is -0.332 e. The molecule has 22 heavy (non-hydrogen) atoms. The lowest BCUT2D eigenvalue weighted by Gasteiger charge is -2.14. The monoisotopic (exact) mass is 332 g/mol. The zero-order valence-electron chi connectivity index (χ0n) is 13.1. The quantitative estimate of drug-likeness (QED) is 0.674. The number of halogens is 1. The molecule has 0 saturated heterocycles. The number of rotatable bonds is 4. The van der Waals surface area contributed by atoms with Gasteiger partial charge < -0.3 is 10.6 Å². The molecule has 0 fully saturated rings. The van der Waals surface area contributed by atoms with Crippen molar-refractivity contribution < 1.29 is 0 Å². The second-order valence-corrected chi connectivity index (χ2v) is 6.24. The fourth-order valence-electron chi connectivity index (χ4n) is 2.16. The number of anilines is 2. The van der Waals surface area contributed by atoms with Crippen LogP contribution in [0.3, 0.4) is 0 Å². The van der Waals surface area contributed by atoms with Gasteiger partial charge in [-0.1, -0.05) is 43.6 Å². The van der Waals surface area contributed by atoms with E-state index in [1.54, 1.807) is 0 Å². The van der Waals surface area contributed by atoms with Crippen molar-refractivity contribution in [1.82, 2.24) is 0 Å². The van der Waals surface area contributed by atoms with Crippen molar-refractivity contribution in [1.29, 1.82) is 0 Å². The minimum atomic E-state index is 0.557. The molecule has 0 saturated carbocycles. The molecule has 0 heterocycles. The van der Waals surface area contributed by atoms with Gasteiger partial charge in [0.2, 0.25) is 0 Å². The van der Waals surface area contributed by atoms with Crippen LogP contribution < -0.4 is 10.6 Å². The lowest BCUT2D eigenvalue weighted by Crippen LogP contribution is -2.19. The molecule has 2 aromatic carbocycles. The summed E-state index contributed by atoms with van der Waals surface area (Å²) in [6.45, 7) is 6.40. The molecule has 0 aliphatic rings. The van der Waals surface area contributed by atoms with Crippen molar-refractivity contribution in [2.24, 2.45) is 0 Å². The van der Waals surface area contributed by atoms with E-state index >= 15 is 0 Å². The maximum absolute atomic E-state index is 6.11. The van der Waals surface area contributed by atoms with Gasteiger partial charge in [-0.3, -0.25) is 0 Å². The van der Waals surface area contributed by atoms with Crippen LogP contribution in [0.5, 0.6) is 0 Å². The van der Waals surface area contributed by atoms with Crippen LogP contribution in [-0.4, -0.2) is 5.11 Å². The van der Waals surface area contributed by atoms with Crippen LogP contribution in [-0.2, 0) is 0 Å². The second kappa shape index (κ2) is 7.61. The fourth-order valence-corrected chi connectivity index (χ4v) is 2.56. The van der Waals surface area contributed by atoms with E-state index in [1.807, 2.05) is 25.1 Å². The van der Waals surface area contributed by atoms with Gasteiger partial charge in [0.25, 0.3) is 0 Å². The van der Waals surface area contributed by atoms with E-state index in [1.165, 1.54) is 5.56 Å². The fraction of sp³-hybridized carbons (Fsp3) is 0.278. The van der Waals surface area contributed by atoms with Crippen LogP contribution in [0.2, 0.25) is 5.02 Å². The van der Waals surface area contributed by atoms with Gasteiger partial charge in [0.1, 0.15) is 0 Å². The average Bonchev–Trinajstić information content (AvgIpc) is 2.52. The van der Waals surface area contributed by atoms with Gasteiger partial charge >= 0.3 is 0 Å². The summed E-state index contributed by atoms with van der Waals surface area (Å²) in [6.07, 6.45) is 1.14. The Bertz CT molecular complexity index is 653. The van der Waals surface area contributed by atoms with Gasteiger partial charge in [0.15, 0.2) is 5.11 Å². The van der Waals surface area contributed by atoms with Gasteiger partial charge in [0.05, 0.1) is 0 Å². The highest BCUT2D eigenvalue weighted by molar-refractivity contribution is 7.80. The molecule has 2 rings (SSSR count). The van der Waals surface area contributed by atoms with Gasteiger partial charge in [-0.05, 0) is 66.9 Å². The van der Waals surface area contributed by atoms with E-state index in [4.69, 9.17) is 23.8 Å². The molecule has 2 aromatic rings. The van der Waals surface area contributed by atoms with Crippen LogP contribution in [0, 0.1) is 6.92 Å². The summed E-state index contributed by atoms with van der Waals surface area (Å²) in [6, 6.07) is 14.1. The van der Waals surface area contributed by atoms with Crippen molar-refractivity contribution in [3.05, 3.63) is 58.6 Å². The second-order valence-electron chi connectivity index (χ2n) is 5.42. The zero-order chi connectivity index (χ0) is 16.1. The van der Waals surface area contributed by atoms with E-state index in [0.29, 0.717) is 11.0 Å². The minimum absolute atomic E-state index is 0.557. The standard InChI is InChI=1S/C18H21ClN2S/c1-4-12(2)14-8-10-15(11-9-14)20-18(22)21-17-7-5-6-16(19)13(17)3/h5-12H,4H2,1-3H3,(H2,20,21,22)/t12-/m0/s1. The van der Waals surface area contributed by atoms with Crippen molar-refractivity contribution in [2.45, 2.75) is 33.1 Å². The maximum Gasteiger partial charge on any atom is 0.175 e. The first-order valence-corrected chi connectivity index (χ1v) is 8.23. The van der Waals surface area contributed by atoms with Gasteiger partial charge in [-0.25, -0.2) is 0 Å². The molecule has 0 spiro atoms. The van der Waals surface area contributed by atoms with E-state index in [-0.39, 0.29) is 0 Å². The lowest BCUT2D eigenvalue weighted by molar-refractivity contribution is 0.734. The first-order chi connectivity index (χ1) is 10.5. The van der Waals surface area contributed by atoms with Crippen LogP contribution in [0.4, 0.5) is 11.4 Å². The molecule has 0 aliphatic heterocycles. The van der Waals surface area contributed by atoms with Crippen molar-refractivity contribution in [2.75, 3.05) is 10.6 Å². The Morgan fingerprint density at radius 3 is 2.45 bits per heavy atom. The molecular weight excluding hydrogens is 312 g/mol. The summed E-state index contributed by atoms with van der Waals surface area (Å²) in [7, 11) is 0. The van der Waals surface area contributed by atoms with E-state index in [9.17, 15) is 0 Å². The van der Waals surface area contributed by atoms with Crippen LogP contribution in [0.25, 0.3) is 0 Å². The molecule has 0 aliphatic carbocycles. The summed E-state index contributed by atoms with van der Waals surface area (Å²) < 4.78 is 0. The highest BCUT2D eigenvalue weighted by Crippen LogP contribution is 2.24. The smallest absolute Gasteiger partial charge is 0.175 e. The first-order valence-electron chi connectivity index (χ1n) is 7.44. The largest absolute Gasteiger partial charge is 0.332 e. The molecule has 1 atom stereocenters.